The minimum absolute atomic E-state index is 0.0628. The Kier molecular flexibility index (Phi) is 5.13. The van der Waals surface area contributed by atoms with Crippen LogP contribution in [-0.2, 0) is 4.79 Å². The third-order valence-electron chi connectivity index (χ3n) is 3.78. The SMILES string of the molecule is Cc1cc(Br)ccc1NC(=O)CNC(=O)c1n[nH]c(=O)c2ccccc12. The largest absolute Gasteiger partial charge is 0.342 e. The summed E-state index contributed by atoms with van der Waals surface area (Å²) in [5.41, 5.74) is 1.25. The number of rotatable bonds is 4. The molecule has 1 heterocycles. The molecular weight excluding hydrogens is 400 g/mol. The Balaban J connectivity index is 1.70. The maximum absolute atomic E-state index is 12.4. The van der Waals surface area contributed by atoms with Crippen molar-refractivity contribution in [2.45, 2.75) is 6.92 Å². The summed E-state index contributed by atoms with van der Waals surface area (Å²) in [6.07, 6.45) is 0. The summed E-state index contributed by atoms with van der Waals surface area (Å²) in [5, 5.41) is 12.1. The third-order valence-corrected chi connectivity index (χ3v) is 4.28. The number of aromatic nitrogens is 2. The molecule has 3 N–H and O–H groups in total. The van der Waals surface area contributed by atoms with Crippen molar-refractivity contribution in [3.63, 3.8) is 0 Å². The molecule has 0 bridgehead atoms. The van der Waals surface area contributed by atoms with Gasteiger partial charge < -0.3 is 10.6 Å². The van der Waals surface area contributed by atoms with Gasteiger partial charge in [0.1, 0.15) is 0 Å². The molecule has 0 radical (unpaired) electrons. The van der Waals surface area contributed by atoms with E-state index in [0.717, 1.165) is 10.0 Å². The second kappa shape index (κ2) is 7.49. The minimum atomic E-state index is -0.542. The van der Waals surface area contributed by atoms with Gasteiger partial charge in [0.05, 0.1) is 11.9 Å². The first kappa shape index (κ1) is 17.8. The van der Waals surface area contributed by atoms with Crippen molar-refractivity contribution < 1.29 is 9.59 Å². The van der Waals surface area contributed by atoms with Crippen molar-refractivity contribution in [1.29, 1.82) is 0 Å². The van der Waals surface area contributed by atoms with Gasteiger partial charge in [-0.05, 0) is 36.8 Å². The van der Waals surface area contributed by atoms with Crippen LogP contribution in [0.5, 0.6) is 0 Å². The Morgan fingerprint density at radius 2 is 1.88 bits per heavy atom. The van der Waals surface area contributed by atoms with Gasteiger partial charge >= 0.3 is 0 Å². The number of benzene rings is 2. The van der Waals surface area contributed by atoms with Crippen molar-refractivity contribution in [2.75, 3.05) is 11.9 Å². The Morgan fingerprint density at radius 3 is 2.62 bits per heavy atom. The molecule has 1 aromatic heterocycles. The van der Waals surface area contributed by atoms with E-state index in [1.54, 1.807) is 30.3 Å². The number of halogens is 1. The minimum Gasteiger partial charge on any atom is -0.342 e. The summed E-state index contributed by atoms with van der Waals surface area (Å²) < 4.78 is 0.914. The molecule has 3 aromatic rings. The van der Waals surface area contributed by atoms with Gasteiger partial charge in [-0.25, -0.2) is 5.10 Å². The van der Waals surface area contributed by atoms with Gasteiger partial charge in [-0.2, -0.15) is 5.10 Å². The third kappa shape index (κ3) is 3.80. The van der Waals surface area contributed by atoms with E-state index in [1.807, 2.05) is 19.1 Å². The number of amides is 2. The van der Waals surface area contributed by atoms with E-state index >= 15 is 0 Å². The lowest BCUT2D eigenvalue weighted by Crippen LogP contribution is -2.34. The number of aryl methyl sites for hydroxylation is 1. The topological polar surface area (TPSA) is 104 Å². The van der Waals surface area contributed by atoms with Crippen LogP contribution in [-0.4, -0.2) is 28.6 Å². The second-order valence-corrected chi connectivity index (χ2v) is 6.55. The van der Waals surface area contributed by atoms with Gasteiger partial charge in [-0.1, -0.05) is 34.1 Å². The number of nitrogens with zero attached hydrogens (tertiary/aromatic N) is 1. The average molecular weight is 415 g/mol. The molecule has 2 amide bonds. The van der Waals surface area contributed by atoms with E-state index in [9.17, 15) is 14.4 Å². The highest BCUT2D eigenvalue weighted by molar-refractivity contribution is 9.10. The van der Waals surface area contributed by atoms with Gasteiger partial charge in [-0.3, -0.25) is 14.4 Å². The number of carbonyl (C=O) groups excluding carboxylic acids is 2. The van der Waals surface area contributed by atoms with Gasteiger partial charge in [0, 0.05) is 15.5 Å². The Labute approximate surface area is 156 Å². The monoisotopic (exact) mass is 414 g/mol. The van der Waals surface area contributed by atoms with Crippen molar-refractivity contribution in [1.82, 2.24) is 15.5 Å². The lowest BCUT2D eigenvalue weighted by Gasteiger charge is -2.10. The molecule has 0 saturated carbocycles. The molecule has 26 heavy (non-hydrogen) atoms. The summed E-state index contributed by atoms with van der Waals surface area (Å²) in [6.45, 7) is 1.65. The number of H-pyrrole nitrogens is 1. The van der Waals surface area contributed by atoms with Crippen LogP contribution in [0.25, 0.3) is 10.8 Å². The van der Waals surface area contributed by atoms with Crippen molar-refractivity contribution in [2.24, 2.45) is 0 Å². The smallest absolute Gasteiger partial charge is 0.272 e. The first-order valence-corrected chi connectivity index (χ1v) is 8.56. The molecule has 0 atom stereocenters. The number of nitrogens with one attached hydrogen (secondary N) is 3. The van der Waals surface area contributed by atoms with Crippen LogP contribution in [0.3, 0.4) is 0 Å². The number of hydrogen-bond acceptors (Lipinski definition) is 4. The van der Waals surface area contributed by atoms with Crippen molar-refractivity contribution in [3.05, 3.63) is 68.5 Å². The molecule has 0 aliphatic rings. The van der Waals surface area contributed by atoms with Gasteiger partial charge in [0.15, 0.2) is 5.69 Å². The van der Waals surface area contributed by atoms with E-state index in [4.69, 9.17) is 0 Å². The molecule has 0 fully saturated rings. The van der Waals surface area contributed by atoms with Crippen LogP contribution in [0.4, 0.5) is 5.69 Å². The lowest BCUT2D eigenvalue weighted by molar-refractivity contribution is -0.115. The first-order chi connectivity index (χ1) is 12.5. The predicted octanol–water partition coefficient (Wildman–Crippen LogP) is 2.36. The molecule has 0 saturated heterocycles. The molecule has 0 unspecified atom stereocenters. The Morgan fingerprint density at radius 1 is 1.15 bits per heavy atom. The molecule has 132 valence electrons. The number of carbonyl (C=O) groups is 2. The van der Waals surface area contributed by atoms with Gasteiger partial charge in [0.25, 0.3) is 11.5 Å². The fourth-order valence-electron chi connectivity index (χ4n) is 2.49. The highest BCUT2D eigenvalue weighted by Crippen LogP contribution is 2.19. The maximum atomic E-state index is 12.4. The van der Waals surface area contributed by atoms with E-state index in [0.29, 0.717) is 16.5 Å². The lowest BCUT2D eigenvalue weighted by atomic mass is 10.1. The molecule has 0 aliphatic heterocycles. The van der Waals surface area contributed by atoms with Crippen molar-refractivity contribution in [3.8, 4) is 0 Å². The Bertz CT molecular complexity index is 1060. The average Bonchev–Trinajstić information content (AvgIpc) is 2.63. The van der Waals surface area contributed by atoms with Crippen LogP contribution in [0.2, 0.25) is 0 Å². The summed E-state index contributed by atoms with van der Waals surface area (Å²) in [4.78, 5) is 36.2. The summed E-state index contributed by atoms with van der Waals surface area (Å²) in [7, 11) is 0. The zero-order valence-electron chi connectivity index (χ0n) is 13.8. The van der Waals surface area contributed by atoms with Crippen LogP contribution in [0.1, 0.15) is 16.1 Å². The number of fused-ring (bicyclic) bond motifs is 1. The fraction of sp³-hybridized carbons (Fsp3) is 0.111. The molecule has 2 aromatic carbocycles. The molecule has 3 rings (SSSR count). The highest BCUT2D eigenvalue weighted by atomic mass is 79.9. The summed E-state index contributed by atoms with van der Waals surface area (Å²) in [6, 6.07) is 12.1. The Hall–Kier alpha value is -3.00. The number of aromatic amines is 1. The van der Waals surface area contributed by atoms with E-state index in [1.165, 1.54) is 0 Å². The molecule has 7 nitrogen and oxygen atoms in total. The van der Waals surface area contributed by atoms with Crippen molar-refractivity contribution >= 4 is 44.2 Å². The van der Waals surface area contributed by atoms with Gasteiger partial charge in [-0.15, -0.1) is 0 Å². The summed E-state index contributed by atoms with van der Waals surface area (Å²) >= 11 is 3.36. The number of hydrogen-bond donors (Lipinski definition) is 3. The van der Waals surface area contributed by atoms with Gasteiger partial charge in [0.2, 0.25) is 5.91 Å². The second-order valence-electron chi connectivity index (χ2n) is 5.64. The molecule has 8 heteroatoms. The summed E-state index contributed by atoms with van der Waals surface area (Å²) in [5.74, 6) is -0.905. The van der Waals surface area contributed by atoms with Crippen LogP contribution in [0, 0.1) is 6.92 Å². The quantitative estimate of drug-likeness (QED) is 0.609. The maximum Gasteiger partial charge on any atom is 0.272 e. The highest BCUT2D eigenvalue weighted by Gasteiger charge is 2.15. The van der Waals surface area contributed by atoms with E-state index in [2.05, 4.69) is 36.8 Å². The first-order valence-electron chi connectivity index (χ1n) is 7.77. The van der Waals surface area contributed by atoms with Crippen LogP contribution >= 0.6 is 15.9 Å². The zero-order chi connectivity index (χ0) is 18.7. The number of anilines is 1. The fourth-order valence-corrected chi connectivity index (χ4v) is 2.97. The zero-order valence-corrected chi connectivity index (χ0v) is 15.4. The van der Waals surface area contributed by atoms with E-state index in [-0.39, 0.29) is 23.7 Å². The van der Waals surface area contributed by atoms with E-state index < -0.39 is 5.91 Å². The normalized spacial score (nSPS) is 10.5. The predicted molar refractivity (Wildman–Crippen MR) is 102 cm³/mol. The molecule has 0 spiro atoms. The van der Waals surface area contributed by atoms with Crippen LogP contribution in [0.15, 0.2) is 51.7 Å². The van der Waals surface area contributed by atoms with Crippen LogP contribution < -0.4 is 16.2 Å². The standard InChI is InChI=1S/C18H15BrN4O3/c1-10-8-11(19)6-7-14(10)21-15(24)9-20-18(26)16-12-4-2-3-5-13(12)17(25)23-22-16/h2-8H,9H2,1H3,(H,20,26)(H,21,24)(H,23,25). The molecule has 0 aliphatic carbocycles. The molecular formula is C18H15BrN4O3.